The second-order valence-corrected chi connectivity index (χ2v) is 5.41. The lowest BCUT2D eigenvalue weighted by molar-refractivity contribution is 0.0819. The predicted molar refractivity (Wildman–Crippen MR) is 79.6 cm³/mol. The summed E-state index contributed by atoms with van der Waals surface area (Å²) in [6, 6.07) is 2.74. The molecule has 7 heteroatoms. The van der Waals surface area contributed by atoms with Crippen molar-refractivity contribution in [3.05, 3.63) is 51.7 Å². The molecule has 1 fully saturated rings. The van der Waals surface area contributed by atoms with E-state index in [1.165, 1.54) is 18.3 Å². The van der Waals surface area contributed by atoms with E-state index in [9.17, 15) is 9.59 Å². The fraction of sp³-hybridized carbons (Fsp3) is 0.400. The largest absolute Gasteiger partial charge is 0.371 e. The van der Waals surface area contributed by atoms with Crippen molar-refractivity contribution in [3.8, 4) is 0 Å². The molecule has 0 bridgehead atoms. The molecular weight excluding hydrogens is 284 g/mol. The molecule has 22 heavy (non-hydrogen) atoms. The molecule has 1 amide bonds. The first-order valence-electron chi connectivity index (χ1n) is 7.16. The Hall–Kier alpha value is -2.41. The van der Waals surface area contributed by atoms with E-state index in [1.807, 2.05) is 14.0 Å². The van der Waals surface area contributed by atoms with Gasteiger partial charge in [-0.05, 0) is 19.4 Å². The van der Waals surface area contributed by atoms with E-state index in [2.05, 4.69) is 15.4 Å². The highest BCUT2D eigenvalue weighted by Gasteiger charge is 2.33. The highest BCUT2D eigenvalue weighted by Crippen LogP contribution is 2.31. The average Bonchev–Trinajstić information content (AvgIpc) is 3.07. The normalized spacial score (nSPS) is 21.0. The van der Waals surface area contributed by atoms with Gasteiger partial charge in [0.1, 0.15) is 6.10 Å². The second kappa shape index (κ2) is 5.76. The first-order valence-corrected chi connectivity index (χ1v) is 7.16. The van der Waals surface area contributed by atoms with Crippen LogP contribution in [0.1, 0.15) is 34.1 Å². The number of aromatic nitrogens is 3. The third kappa shape index (κ3) is 2.67. The van der Waals surface area contributed by atoms with Crippen molar-refractivity contribution in [2.75, 3.05) is 6.61 Å². The van der Waals surface area contributed by atoms with Crippen LogP contribution in [-0.2, 0) is 11.8 Å². The smallest absolute Gasteiger partial charge is 0.253 e. The number of carbonyl (C=O) groups is 1. The van der Waals surface area contributed by atoms with Gasteiger partial charge in [0.05, 0.1) is 17.8 Å². The average molecular weight is 302 g/mol. The van der Waals surface area contributed by atoms with Crippen LogP contribution in [0.15, 0.2) is 29.3 Å². The van der Waals surface area contributed by atoms with Gasteiger partial charge in [-0.1, -0.05) is 0 Å². The minimum Gasteiger partial charge on any atom is -0.371 e. The zero-order chi connectivity index (χ0) is 15.7. The minimum absolute atomic E-state index is 0.109. The van der Waals surface area contributed by atoms with Crippen molar-refractivity contribution >= 4 is 5.91 Å². The summed E-state index contributed by atoms with van der Waals surface area (Å²) >= 11 is 0. The van der Waals surface area contributed by atoms with Crippen molar-refractivity contribution in [1.29, 1.82) is 0 Å². The molecule has 0 aliphatic carbocycles. The van der Waals surface area contributed by atoms with E-state index < -0.39 is 0 Å². The number of hydrogen-bond acceptors (Lipinski definition) is 4. The van der Waals surface area contributed by atoms with Gasteiger partial charge in [0.2, 0.25) is 5.56 Å². The molecule has 1 saturated heterocycles. The summed E-state index contributed by atoms with van der Waals surface area (Å²) in [5.74, 6) is -0.224. The Bertz CT molecular complexity index is 729. The maximum absolute atomic E-state index is 12.3. The van der Waals surface area contributed by atoms with Crippen LogP contribution in [0.2, 0.25) is 0 Å². The number of pyridine rings is 1. The van der Waals surface area contributed by atoms with E-state index >= 15 is 0 Å². The van der Waals surface area contributed by atoms with Gasteiger partial charge < -0.3 is 15.0 Å². The van der Waals surface area contributed by atoms with Crippen LogP contribution >= 0.6 is 0 Å². The molecular formula is C15H18N4O3. The van der Waals surface area contributed by atoms with Crippen molar-refractivity contribution in [3.63, 3.8) is 0 Å². The van der Waals surface area contributed by atoms with Gasteiger partial charge in [-0.15, -0.1) is 0 Å². The lowest BCUT2D eigenvalue weighted by Crippen LogP contribution is -2.37. The quantitative estimate of drug-likeness (QED) is 0.872. The maximum Gasteiger partial charge on any atom is 0.253 e. The Morgan fingerprint density at radius 1 is 1.50 bits per heavy atom. The van der Waals surface area contributed by atoms with E-state index in [0.29, 0.717) is 12.2 Å². The highest BCUT2D eigenvalue weighted by molar-refractivity contribution is 5.94. The van der Waals surface area contributed by atoms with Gasteiger partial charge in [-0.2, -0.15) is 5.10 Å². The Morgan fingerprint density at radius 2 is 2.32 bits per heavy atom. The van der Waals surface area contributed by atoms with Crippen LogP contribution in [0.3, 0.4) is 0 Å². The number of carbonyl (C=O) groups excluding carboxylic acids is 1. The summed E-state index contributed by atoms with van der Waals surface area (Å²) < 4.78 is 7.57. The Balaban J connectivity index is 1.76. The lowest BCUT2D eigenvalue weighted by Gasteiger charge is -2.19. The monoisotopic (exact) mass is 302 g/mol. The molecule has 2 N–H and O–H groups in total. The summed E-state index contributed by atoms with van der Waals surface area (Å²) in [6.45, 7) is 2.57. The molecule has 0 aromatic carbocycles. The number of aryl methyl sites for hydroxylation is 1. The van der Waals surface area contributed by atoms with Crippen molar-refractivity contribution in [2.24, 2.45) is 7.05 Å². The summed E-state index contributed by atoms with van der Waals surface area (Å²) in [5, 5.41) is 7.20. The molecule has 2 aromatic heterocycles. The molecule has 3 heterocycles. The van der Waals surface area contributed by atoms with Gasteiger partial charge in [0.15, 0.2) is 0 Å². The standard InChI is InChI=1S/C15H18N4O3/c1-9-11(8-17-19(9)2)14-12(5-6-22-14)18-15(21)10-3-4-13(20)16-7-10/h3-4,7-8,12,14H,5-6H2,1-2H3,(H,16,20)(H,18,21)/t12-,14+/m0/s1. The van der Waals surface area contributed by atoms with Crippen LogP contribution in [0.25, 0.3) is 0 Å². The summed E-state index contributed by atoms with van der Waals surface area (Å²) in [6.07, 6.45) is 3.75. The molecule has 0 spiro atoms. The van der Waals surface area contributed by atoms with Crippen LogP contribution in [0.5, 0.6) is 0 Å². The summed E-state index contributed by atoms with van der Waals surface area (Å²) in [7, 11) is 1.88. The van der Waals surface area contributed by atoms with Crippen molar-refractivity contribution in [1.82, 2.24) is 20.1 Å². The molecule has 0 radical (unpaired) electrons. The van der Waals surface area contributed by atoms with Gasteiger partial charge >= 0.3 is 0 Å². The molecule has 0 saturated carbocycles. The predicted octanol–water partition coefficient (Wildman–Crippen LogP) is 0.677. The number of nitrogens with one attached hydrogen (secondary N) is 2. The molecule has 1 aliphatic heterocycles. The molecule has 7 nitrogen and oxygen atoms in total. The molecule has 116 valence electrons. The zero-order valence-corrected chi connectivity index (χ0v) is 12.5. The van der Waals surface area contributed by atoms with Crippen LogP contribution in [-0.4, -0.2) is 33.3 Å². The molecule has 2 aromatic rings. The van der Waals surface area contributed by atoms with Gasteiger partial charge in [-0.25, -0.2) is 0 Å². The molecule has 0 unspecified atom stereocenters. The third-order valence-corrected chi connectivity index (χ3v) is 4.03. The van der Waals surface area contributed by atoms with E-state index in [1.54, 1.807) is 10.9 Å². The first kappa shape index (κ1) is 14.5. The fourth-order valence-corrected chi connectivity index (χ4v) is 2.64. The number of aromatic amines is 1. The first-order chi connectivity index (χ1) is 10.6. The van der Waals surface area contributed by atoms with Gasteiger partial charge in [0.25, 0.3) is 5.91 Å². The SMILES string of the molecule is Cc1c([C@H]2OCC[C@@H]2NC(=O)c2ccc(=O)[nH]c2)cnn1C. The van der Waals surface area contributed by atoms with Crippen LogP contribution < -0.4 is 10.9 Å². The van der Waals surface area contributed by atoms with Crippen molar-refractivity contribution in [2.45, 2.75) is 25.5 Å². The lowest BCUT2D eigenvalue weighted by atomic mass is 10.0. The highest BCUT2D eigenvalue weighted by atomic mass is 16.5. The molecule has 1 aliphatic rings. The summed E-state index contributed by atoms with van der Waals surface area (Å²) in [5.41, 5.74) is 2.21. The Labute approximate surface area is 127 Å². The van der Waals surface area contributed by atoms with E-state index in [-0.39, 0.29) is 23.6 Å². The Morgan fingerprint density at radius 3 is 2.95 bits per heavy atom. The van der Waals surface area contributed by atoms with E-state index in [4.69, 9.17) is 4.74 Å². The number of nitrogens with zero attached hydrogens (tertiary/aromatic N) is 2. The third-order valence-electron chi connectivity index (χ3n) is 4.03. The number of hydrogen-bond donors (Lipinski definition) is 2. The zero-order valence-electron chi connectivity index (χ0n) is 12.5. The fourth-order valence-electron chi connectivity index (χ4n) is 2.64. The summed E-state index contributed by atoms with van der Waals surface area (Å²) in [4.78, 5) is 25.8. The number of rotatable bonds is 3. The number of ether oxygens (including phenoxy) is 1. The molecule has 2 atom stereocenters. The van der Waals surface area contributed by atoms with Crippen molar-refractivity contribution < 1.29 is 9.53 Å². The Kier molecular flexibility index (Phi) is 3.81. The van der Waals surface area contributed by atoms with E-state index in [0.717, 1.165) is 17.7 Å². The van der Waals surface area contributed by atoms with Gasteiger partial charge in [-0.3, -0.25) is 14.3 Å². The molecule has 3 rings (SSSR count). The van der Waals surface area contributed by atoms with Crippen LogP contribution in [0.4, 0.5) is 0 Å². The maximum atomic E-state index is 12.3. The topological polar surface area (TPSA) is 89.0 Å². The number of amides is 1. The number of H-pyrrole nitrogens is 1. The minimum atomic E-state index is -0.232. The van der Waals surface area contributed by atoms with Gasteiger partial charge in [0, 0.05) is 37.2 Å². The van der Waals surface area contributed by atoms with Crippen LogP contribution in [0, 0.1) is 6.92 Å². The second-order valence-electron chi connectivity index (χ2n) is 5.41.